The van der Waals surface area contributed by atoms with Crippen molar-refractivity contribution in [2.75, 3.05) is 45.1 Å². The summed E-state index contributed by atoms with van der Waals surface area (Å²) in [5.74, 6) is -0.0501. The standard InChI is InChI=1S/C13H20N4O2/c14-11-2-3-12(15-10-11)13(19)17-5-1-4-16(6-7-17)8-9-18/h2-3,10,18H,1,4-9,14H2. The Hall–Kier alpha value is -1.66. The van der Waals surface area contributed by atoms with Crippen LogP contribution >= 0.6 is 0 Å². The monoisotopic (exact) mass is 264 g/mol. The van der Waals surface area contributed by atoms with E-state index in [1.54, 1.807) is 12.1 Å². The van der Waals surface area contributed by atoms with E-state index < -0.39 is 0 Å². The molecule has 0 aliphatic carbocycles. The molecule has 2 heterocycles. The van der Waals surface area contributed by atoms with Crippen molar-refractivity contribution in [2.45, 2.75) is 6.42 Å². The maximum absolute atomic E-state index is 12.3. The molecule has 0 unspecified atom stereocenters. The molecule has 1 saturated heterocycles. The van der Waals surface area contributed by atoms with E-state index in [0.29, 0.717) is 24.5 Å². The van der Waals surface area contributed by atoms with Gasteiger partial charge in [0, 0.05) is 26.2 Å². The second-order valence-corrected chi connectivity index (χ2v) is 4.69. The number of carbonyl (C=O) groups excluding carboxylic acids is 1. The summed E-state index contributed by atoms with van der Waals surface area (Å²) >= 11 is 0. The number of anilines is 1. The molecule has 1 aliphatic heterocycles. The van der Waals surface area contributed by atoms with Gasteiger partial charge in [0.1, 0.15) is 5.69 Å². The van der Waals surface area contributed by atoms with Crippen molar-refractivity contribution >= 4 is 11.6 Å². The first-order chi connectivity index (χ1) is 9.20. The van der Waals surface area contributed by atoms with Gasteiger partial charge in [-0.2, -0.15) is 0 Å². The molecule has 0 radical (unpaired) electrons. The summed E-state index contributed by atoms with van der Waals surface area (Å²) in [5, 5.41) is 8.95. The van der Waals surface area contributed by atoms with E-state index in [0.717, 1.165) is 26.1 Å². The van der Waals surface area contributed by atoms with Gasteiger partial charge in [-0.1, -0.05) is 0 Å². The summed E-state index contributed by atoms with van der Waals surface area (Å²) in [5.41, 5.74) is 6.56. The number of aliphatic hydroxyl groups is 1. The van der Waals surface area contributed by atoms with E-state index in [2.05, 4.69) is 9.88 Å². The van der Waals surface area contributed by atoms with Gasteiger partial charge < -0.3 is 15.7 Å². The molecule has 0 spiro atoms. The van der Waals surface area contributed by atoms with E-state index in [-0.39, 0.29) is 12.5 Å². The number of carbonyl (C=O) groups is 1. The van der Waals surface area contributed by atoms with Gasteiger partial charge in [-0.3, -0.25) is 9.69 Å². The first kappa shape index (κ1) is 13.8. The van der Waals surface area contributed by atoms with Crippen molar-refractivity contribution in [3.63, 3.8) is 0 Å². The number of aliphatic hydroxyl groups excluding tert-OH is 1. The smallest absolute Gasteiger partial charge is 0.272 e. The average Bonchev–Trinajstić information content (AvgIpc) is 2.65. The quantitative estimate of drug-likeness (QED) is 0.790. The van der Waals surface area contributed by atoms with Crippen LogP contribution < -0.4 is 5.73 Å². The highest BCUT2D eigenvalue weighted by Crippen LogP contribution is 2.09. The summed E-state index contributed by atoms with van der Waals surface area (Å²) < 4.78 is 0. The van der Waals surface area contributed by atoms with E-state index in [1.807, 2.05) is 4.90 Å². The fourth-order valence-electron chi connectivity index (χ4n) is 2.23. The van der Waals surface area contributed by atoms with Gasteiger partial charge in [-0.05, 0) is 25.1 Å². The Balaban J connectivity index is 1.98. The Kier molecular flexibility index (Phi) is 4.70. The minimum atomic E-state index is -0.0501. The van der Waals surface area contributed by atoms with E-state index in [4.69, 9.17) is 10.8 Å². The lowest BCUT2D eigenvalue weighted by atomic mass is 10.3. The van der Waals surface area contributed by atoms with Crippen LogP contribution in [0.5, 0.6) is 0 Å². The minimum Gasteiger partial charge on any atom is -0.397 e. The lowest BCUT2D eigenvalue weighted by molar-refractivity contribution is 0.0754. The molecule has 19 heavy (non-hydrogen) atoms. The Labute approximate surface area is 112 Å². The third-order valence-corrected chi connectivity index (χ3v) is 3.30. The summed E-state index contributed by atoms with van der Waals surface area (Å²) in [6.45, 7) is 3.94. The van der Waals surface area contributed by atoms with Gasteiger partial charge in [-0.25, -0.2) is 4.98 Å². The molecule has 1 aliphatic rings. The molecule has 3 N–H and O–H groups in total. The summed E-state index contributed by atoms with van der Waals surface area (Å²) in [7, 11) is 0. The van der Waals surface area contributed by atoms with Crippen LogP contribution in [0.2, 0.25) is 0 Å². The Morgan fingerprint density at radius 1 is 1.32 bits per heavy atom. The molecule has 1 amide bonds. The Morgan fingerprint density at radius 3 is 2.84 bits per heavy atom. The molecule has 6 heteroatoms. The van der Waals surface area contributed by atoms with Crippen LogP contribution in [-0.2, 0) is 0 Å². The van der Waals surface area contributed by atoms with Crippen molar-refractivity contribution in [1.29, 1.82) is 0 Å². The number of hydrogen-bond donors (Lipinski definition) is 2. The maximum atomic E-state index is 12.3. The normalized spacial score (nSPS) is 17.2. The van der Waals surface area contributed by atoms with E-state index in [1.165, 1.54) is 6.20 Å². The molecule has 6 nitrogen and oxygen atoms in total. The van der Waals surface area contributed by atoms with E-state index >= 15 is 0 Å². The topological polar surface area (TPSA) is 82.7 Å². The molecular weight excluding hydrogens is 244 g/mol. The largest absolute Gasteiger partial charge is 0.397 e. The van der Waals surface area contributed by atoms with Gasteiger partial charge in [0.15, 0.2) is 0 Å². The molecule has 0 bridgehead atoms. The molecule has 0 aromatic carbocycles. The van der Waals surface area contributed by atoms with E-state index in [9.17, 15) is 4.79 Å². The van der Waals surface area contributed by atoms with Crippen molar-refractivity contribution < 1.29 is 9.90 Å². The van der Waals surface area contributed by atoms with Crippen molar-refractivity contribution in [3.8, 4) is 0 Å². The summed E-state index contributed by atoms with van der Waals surface area (Å²) in [4.78, 5) is 20.3. The first-order valence-electron chi connectivity index (χ1n) is 6.54. The number of aromatic nitrogens is 1. The predicted molar refractivity (Wildman–Crippen MR) is 72.7 cm³/mol. The molecule has 0 atom stereocenters. The molecule has 0 saturated carbocycles. The molecule has 1 aromatic heterocycles. The van der Waals surface area contributed by atoms with Crippen LogP contribution in [-0.4, -0.2) is 65.1 Å². The fourth-order valence-corrected chi connectivity index (χ4v) is 2.23. The Morgan fingerprint density at radius 2 is 2.16 bits per heavy atom. The van der Waals surface area contributed by atoms with Crippen molar-refractivity contribution in [1.82, 2.24) is 14.8 Å². The van der Waals surface area contributed by atoms with Gasteiger partial charge in [0.25, 0.3) is 5.91 Å². The summed E-state index contributed by atoms with van der Waals surface area (Å²) in [6, 6.07) is 3.35. The molecule has 1 fully saturated rings. The lowest BCUT2D eigenvalue weighted by Crippen LogP contribution is -2.36. The summed E-state index contributed by atoms with van der Waals surface area (Å²) in [6.07, 6.45) is 2.42. The second kappa shape index (κ2) is 6.49. The van der Waals surface area contributed by atoms with Crippen LogP contribution in [0, 0.1) is 0 Å². The predicted octanol–water partition coefficient (Wildman–Crippen LogP) is -0.196. The average molecular weight is 264 g/mol. The highest BCUT2D eigenvalue weighted by molar-refractivity contribution is 5.92. The molecule has 104 valence electrons. The SMILES string of the molecule is Nc1ccc(C(=O)N2CCCN(CCO)CC2)nc1. The number of nitrogens with zero attached hydrogens (tertiary/aromatic N) is 3. The van der Waals surface area contributed by atoms with Crippen LogP contribution in [0.3, 0.4) is 0 Å². The zero-order valence-corrected chi connectivity index (χ0v) is 11.0. The van der Waals surface area contributed by atoms with Gasteiger partial charge in [0.05, 0.1) is 18.5 Å². The zero-order valence-electron chi connectivity index (χ0n) is 11.0. The number of rotatable bonds is 3. The fraction of sp³-hybridized carbons (Fsp3) is 0.538. The van der Waals surface area contributed by atoms with Crippen LogP contribution in [0.4, 0.5) is 5.69 Å². The third kappa shape index (κ3) is 3.65. The minimum absolute atomic E-state index is 0.0501. The Bertz CT molecular complexity index is 421. The van der Waals surface area contributed by atoms with Crippen LogP contribution in [0.1, 0.15) is 16.9 Å². The number of β-amino-alcohol motifs (C(OH)–C–C–N with tert-alkyl or cyclic N) is 1. The maximum Gasteiger partial charge on any atom is 0.272 e. The third-order valence-electron chi connectivity index (χ3n) is 3.30. The second-order valence-electron chi connectivity index (χ2n) is 4.69. The highest BCUT2D eigenvalue weighted by Gasteiger charge is 2.20. The number of nitrogen functional groups attached to an aromatic ring is 1. The van der Waals surface area contributed by atoms with Crippen molar-refractivity contribution in [3.05, 3.63) is 24.0 Å². The number of nitrogens with two attached hydrogens (primary N) is 1. The number of hydrogen-bond acceptors (Lipinski definition) is 5. The van der Waals surface area contributed by atoms with Gasteiger partial charge >= 0.3 is 0 Å². The number of pyridine rings is 1. The molecule has 2 rings (SSSR count). The van der Waals surface area contributed by atoms with Crippen LogP contribution in [0.25, 0.3) is 0 Å². The first-order valence-corrected chi connectivity index (χ1v) is 6.54. The van der Waals surface area contributed by atoms with Gasteiger partial charge in [-0.15, -0.1) is 0 Å². The number of amides is 1. The van der Waals surface area contributed by atoms with Crippen LogP contribution in [0.15, 0.2) is 18.3 Å². The van der Waals surface area contributed by atoms with Crippen molar-refractivity contribution in [2.24, 2.45) is 0 Å². The zero-order chi connectivity index (χ0) is 13.7. The lowest BCUT2D eigenvalue weighted by Gasteiger charge is -2.21. The van der Waals surface area contributed by atoms with Gasteiger partial charge in [0.2, 0.25) is 0 Å². The molecular formula is C13H20N4O2. The molecule has 1 aromatic rings. The highest BCUT2D eigenvalue weighted by atomic mass is 16.3.